The van der Waals surface area contributed by atoms with Crippen molar-refractivity contribution in [2.45, 2.75) is 6.42 Å². The van der Waals surface area contributed by atoms with E-state index in [1.807, 2.05) is 18.2 Å². The maximum absolute atomic E-state index is 11.5. The van der Waals surface area contributed by atoms with Crippen molar-refractivity contribution in [3.05, 3.63) is 18.2 Å². The molecular weight excluding hydrogens is 220 g/mol. The maximum Gasteiger partial charge on any atom is 0.264 e. The summed E-state index contributed by atoms with van der Waals surface area (Å²) >= 11 is 0. The van der Waals surface area contributed by atoms with Crippen LogP contribution in [0.2, 0.25) is 0 Å². The summed E-state index contributed by atoms with van der Waals surface area (Å²) in [7, 11) is 1.74. The van der Waals surface area contributed by atoms with Crippen LogP contribution < -0.4 is 15.0 Å². The number of amides is 1. The Kier molecular flexibility index (Phi) is 3.49. The zero-order valence-electron chi connectivity index (χ0n) is 9.77. The van der Waals surface area contributed by atoms with Gasteiger partial charge in [0, 0.05) is 25.9 Å². The Morgan fingerprint density at radius 2 is 2.35 bits per heavy atom. The molecule has 0 bridgehead atoms. The monoisotopic (exact) mass is 236 g/mol. The number of ether oxygens (including phenoxy) is 1. The highest BCUT2D eigenvalue weighted by Crippen LogP contribution is 2.33. The molecule has 1 amide bonds. The summed E-state index contributed by atoms with van der Waals surface area (Å²) in [5.41, 5.74) is 1.69. The van der Waals surface area contributed by atoms with Gasteiger partial charge in [0.05, 0.1) is 5.69 Å². The Hall–Kier alpha value is -1.75. The van der Waals surface area contributed by atoms with Crippen LogP contribution in [0.4, 0.5) is 11.4 Å². The van der Waals surface area contributed by atoms with Crippen LogP contribution in [0, 0.1) is 0 Å². The lowest BCUT2D eigenvalue weighted by Crippen LogP contribution is -2.35. The lowest BCUT2D eigenvalue weighted by molar-refractivity contribution is -0.120. The summed E-state index contributed by atoms with van der Waals surface area (Å²) in [6.45, 7) is 0.966. The van der Waals surface area contributed by atoms with E-state index in [0.717, 1.165) is 17.1 Å². The predicted molar refractivity (Wildman–Crippen MR) is 65.5 cm³/mol. The Balaban J connectivity index is 2.14. The average Bonchev–Trinajstić information content (AvgIpc) is 2.35. The van der Waals surface area contributed by atoms with E-state index in [4.69, 9.17) is 9.84 Å². The van der Waals surface area contributed by atoms with Gasteiger partial charge in [-0.3, -0.25) is 4.79 Å². The molecule has 0 radical (unpaired) electrons. The predicted octanol–water partition coefficient (Wildman–Crippen LogP) is 0.836. The standard InChI is InChI=1S/C12H16N2O3/c1-14-10-7-9(13-5-2-6-15)3-4-11(10)17-8-12(14)16/h3-4,7,13,15H,2,5-6,8H2,1H3. The van der Waals surface area contributed by atoms with E-state index < -0.39 is 0 Å². The van der Waals surface area contributed by atoms with E-state index in [1.165, 1.54) is 0 Å². The minimum absolute atomic E-state index is 0.0509. The molecule has 0 aliphatic carbocycles. The number of aliphatic hydroxyl groups is 1. The molecule has 0 unspecified atom stereocenters. The van der Waals surface area contributed by atoms with Crippen molar-refractivity contribution in [3.63, 3.8) is 0 Å². The van der Waals surface area contributed by atoms with Gasteiger partial charge >= 0.3 is 0 Å². The molecule has 2 N–H and O–H groups in total. The number of hydrogen-bond acceptors (Lipinski definition) is 4. The van der Waals surface area contributed by atoms with Gasteiger partial charge in [0.1, 0.15) is 5.75 Å². The number of likely N-dealkylation sites (N-methyl/N-ethyl adjacent to an activating group) is 1. The number of fused-ring (bicyclic) bond motifs is 1. The van der Waals surface area contributed by atoms with E-state index in [-0.39, 0.29) is 19.1 Å². The number of hydrogen-bond donors (Lipinski definition) is 2. The zero-order chi connectivity index (χ0) is 12.3. The highest BCUT2D eigenvalue weighted by molar-refractivity contribution is 5.97. The van der Waals surface area contributed by atoms with Gasteiger partial charge in [-0.25, -0.2) is 0 Å². The third-order valence-electron chi connectivity index (χ3n) is 2.71. The molecular formula is C12H16N2O3. The van der Waals surface area contributed by atoms with Gasteiger partial charge in [-0.1, -0.05) is 0 Å². The number of benzene rings is 1. The van der Waals surface area contributed by atoms with Crippen molar-refractivity contribution in [3.8, 4) is 5.75 Å². The number of nitrogens with one attached hydrogen (secondary N) is 1. The summed E-state index contributed by atoms with van der Waals surface area (Å²) < 4.78 is 5.33. The highest BCUT2D eigenvalue weighted by atomic mass is 16.5. The first-order valence-electron chi connectivity index (χ1n) is 5.60. The van der Waals surface area contributed by atoms with Crippen molar-refractivity contribution < 1.29 is 14.6 Å². The zero-order valence-corrected chi connectivity index (χ0v) is 9.77. The molecule has 1 heterocycles. The Labute approximate surface area is 100.0 Å². The molecule has 1 aliphatic heterocycles. The SMILES string of the molecule is CN1C(=O)COc2ccc(NCCCO)cc21. The molecule has 5 nitrogen and oxygen atoms in total. The fourth-order valence-electron chi connectivity index (χ4n) is 1.69. The lowest BCUT2D eigenvalue weighted by atomic mass is 10.2. The van der Waals surface area contributed by atoms with Gasteiger partial charge in [-0.15, -0.1) is 0 Å². The minimum Gasteiger partial charge on any atom is -0.482 e. The second-order valence-corrected chi connectivity index (χ2v) is 3.93. The van der Waals surface area contributed by atoms with Crippen LogP contribution in [0.15, 0.2) is 18.2 Å². The smallest absolute Gasteiger partial charge is 0.264 e. The van der Waals surface area contributed by atoms with E-state index in [2.05, 4.69) is 5.32 Å². The van der Waals surface area contributed by atoms with Gasteiger partial charge in [0.2, 0.25) is 0 Å². The van der Waals surface area contributed by atoms with E-state index in [1.54, 1.807) is 11.9 Å². The van der Waals surface area contributed by atoms with Crippen LogP contribution >= 0.6 is 0 Å². The van der Waals surface area contributed by atoms with Crippen LogP contribution in [-0.2, 0) is 4.79 Å². The molecule has 0 saturated carbocycles. The summed E-state index contributed by atoms with van der Waals surface area (Å²) in [5, 5.41) is 11.9. The van der Waals surface area contributed by atoms with Crippen LogP contribution in [0.3, 0.4) is 0 Å². The topological polar surface area (TPSA) is 61.8 Å². The number of anilines is 2. The summed E-state index contributed by atoms with van der Waals surface area (Å²) in [5.74, 6) is 0.671. The number of nitrogens with zero attached hydrogens (tertiary/aromatic N) is 1. The third kappa shape index (κ3) is 2.50. The number of rotatable bonds is 4. The molecule has 0 spiro atoms. The molecule has 1 aromatic rings. The van der Waals surface area contributed by atoms with Crippen molar-refractivity contribution in [2.24, 2.45) is 0 Å². The van der Waals surface area contributed by atoms with Crippen LogP contribution in [-0.4, -0.2) is 37.8 Å². The van der Waals surface area contributed by atoms with Crippen molar-refractivity contribution in [1.29, 1.82) is 0 Å². The largest absolute Gasteiger partial charge is 0.482 e. The minimum atomic E-state index is -0.0509. The first-order valence-corrected chi connectivity index (χ1v) is 5.60. The van der Waals surface area contributed by atoms with Gasteiger partial charge in [-0.2, -0.15) is 0 Å². The third-order valence-corrected chi connectivity index (χ3v) is 2.71. The Morgan fingerprint density at radius 3 is 3.12 bits per heavy atom. The van der Waals surface area contributed by atoms with Crippen molar-refractivity contribution in [2.75, 3.05) is 37.0 Å². The molecule has 0 fully saturated rings. The van der Waals surface area contributed by atoms with Crippen LogP contribution in [0.25, 0.3) is 0 Å². The molecule has 2 rings (SSSR count). The molecule has 0 atom stereocenters. The van der Waals surface area contributed by atoms with E-state index >= 15 is 0 Å². The Bertz CT molecular complexity index is 420. The fourth-order valence-corrected chi connectivity index (χ4v) is 1.69. The number of aliphatic hydroxyl groups excluding tert-OH is 1. The van der Waals surface area contributed by atoms with Crippen LogP contribution in [0.5, 0.6) is 5.75 Å². The summed E-state index contributed by atoms with van der Waals surface area (Å²) in [6.07, 6.45) is 0.697. The Morgan fingerprint density at radius 1 is 1.53 bits per heavy atom. The summed E-state index contributed by atoms with van der Waals surface area (Å²) in [6, 6.07) is 5.63. The molecule has 0 saturated heterocycles. The van der Waals surface area contributed by atoms with Gasteiger partial charge in [-0.05, 0) is 24.6 Å². The molecule has 17 heavy (non-hydrogen) atoms. The highest BCUT2D eigenvalue weighted by Gasteiger charge is 2.22. The average molecular weight is 236 g/mol. The molecule has 92 valence electrons. The molecule has 1 aromatic carbocycles. The first-order chi connectivity index (χ1) is 8.22. The summed E-state index contributed by atoms with van der Waals surface area (Å²) in [4.78, 5) is 13.1. The number of carbonyl (C=O) groups excluding carboxylic acids is 1. The lowest BCUT2D eigenvalue weighted by Gasteiger charge is -2.26. The van der Waals surface area contributed by atoms with Crippen LogP contribution in [0.1, 0.15) is 6.42 Å². The maximum atomic E-state index is 11.5. The van der Waals surface area contributed by atoms with E-state index in [9.17, 15) is 4.79 Å². The van der Waals surface area contributed by atoms with Gasteiger partial charge < -0.3 is 20.1 Å². The first kappa shape index (κ1) is 11.7. The molecule has 1 aliphatic rings. The fraction of sp³-hybridized carbons (Fsp3) is 0.417. The molecule has 0 aromatic heterocycles. The second-order valence-electron chi connectivity index (χ2n) is 3.93. The van der Waals surface area contributed by atoms with Gasteiger partial charge in [0.25, 0.3) is 5.91 Å². The molecule has 5 heteroatoms. The van der Waals surface area contributed by atoms with Gasteiger partial charge in [0.15, 0.2) is 6.61 Å². The second kappa shape index (κ2) is 5.05. The van der Waals surface area contributed by atoms with Crippen molar-refractivity contribution >= 4 is 17.3 Å². The number of carbonyl (C=O) groups is 1. The van der Waals surface area contributed by atoms with Crippen molar-refractivity contribution in [1.82, 2.24) is 0 Å². The normalized spacial score (nSPS) is 14.2. The quantitative estimate of drug-likeness (QED) is 0.760. The van der Waals surface area contributed by atoms with E-state index in [0.29, 0.717) is 13.0 Å².